The van der Waals surface area contributed by atoms with Crippen LogP contribution in [0.3, 0.4) is 0 Å². The maximum Gasteiger partial charge on any atom is 0.272 e. The number of benzene rings is 1. The molecule has 1 aromatic heterocycles. The molecule has 2 aromatic rings. The van der Waals surface area contributed by atoms with Crippen molar-refractivity contribution in [2.75, 3.05) is 19.6 Å². The van der Waals surface area contributed by atoms with Gasteiger partial charge < -0.3 is 10.2 Å². The summed E-state index contributed by atoms with van der Waals surface area (Å²) in [6.45, 7) is 1.86. The monoisotopic (exact) mass is 335 g/mol. The molecule has 0 bridgehead atoms. The molecule has 1 aromatic carbocycles. The van der Waals surface area contributed by atoms with E-state index in [9.17, 15) is 9.59 Å². The lowest BCUT2D eigenvalue weighted by molar-refractivity contribution is -0.130. The van der Waals surface area contributed by atoms with Crippen LogP contribution in [0, 0.1) is 5.41 Å². The molecule has 1 N–H and O–H groups in total. The molecule has 5 nitrogen and oxygen atoms in total. The standard InChI is InChI=1S/C20H21N3O2/c24-18(17-8-4-5-11-21-17)23-12-9-20(10-13-23)16(14-22-19(20)25)15-6-2-1-3-7-15/h1-8,11,16H,9-10,12-14H2,(H,22,25). The van der Waals surface area contributed by atoms with Gasteiger partial charge in [-0.05, 0) is 30.5 Å². The molecule has 128 valence electrons. The van der Waals surface area contributed by atoms with Gasteiger partial charge in [0.05, 0.1) is 5.41 Å². The Balaban J connectivity index is 1.53. The molecule has 1 spiro atoms. The SMILES string of the molecule is O=C(c1ccccn1)N1CCC2(CC1)C(=O)NCC2c1ccccc1. The normalized spacial score (nSPS) is 22.0. The molecule has 2 aliphatic heterocycles. The highest BCUT2D eigenvalue weighted by atomic mass is 16.2. The van der Waals surface area contributed by atoms with Gasteiger partial charge in [0.15, 0.2) is 0 Å². The van der Waals surface area contributed by atoms with Gasteiger partial charge in [-0.25, -0.2) is 0 Å². The fraction of sp³-hybridized carbons (Fsp3) is 0.350. The van der Waals surface area contributed by atoms with Crippen molar-refractivity contribution in [3.63, 3.8) is 0 Å². The minimum atomic E-state index is -0.401. The van der Waals surface area contributed by atoms with Crippen LogP contribution in [0.2, 0.25) is 0 Å². The quantitative estimate of drug-likeness (QED) is 0.915. The number of likely N-dealkylation sites (tertiary alicyclic amines) is 1. The Morgan fingerprint density at radius 2 is 1.80 bits per heavy atom. The zero-order valence-electron chi connectivity index (χ0n) is 14.0. The van der Waals surface area contributed by atoms with Crippen LogP contribution in [-0.4, -0.2) is 41.3 Å². The summed E-state index contributed by atoms with van der Waals surface area (Å²) in [6.07, 6.45) is 3.02. The second-order valence-corrected chi connectivity index (χ2v) is 6.84. The van der Waals surface area contributed by atoms with Gasteiger partial charge in [-0.15, -0.1) is 0 Å². The molecule has 2 saturated heterocycles. The molecule has 25 heavy (non-hydrogen) atoms. The molecule has 2 fully saturated rings. The van der Waals surface area contributed by atoms with Crippen LogP contribution in [0.5, 0.6) is 0 Å². The number of aromatic nitrogens is 1. The van der Waals surface area contributed by atoms with Crippen molar-refractivity contribution in [3.05, 3.63) is 66.0 Å². The number of pyridine rings is 1. The van der Waals surface area contributed by atoms with Gasteiger partial charge in [0.25, 0.3) is 5.91 Å². The molecule has 0 aliphatic carbocycles. The fourth-order valence-corrected chi connectivity index (χ4v) is 4.18. The van der Waals surface area contributed by atoms with Gasteiger partial charge in [0, 0.05) is 31.7 Å². The molecule has 1 atom stereocenters. The number of amides is 2. The third kappa shape index (κ3) is 2.69. The van der Waals surface area contributed by atoms with Gasteiger partial charge in [0.2, 0.25) is 5.91 Å². The van der Waals surface area contributed by atoms with Crippen LogP contribution in [0.4, 0.5) is 0 Å². The van der Waals surface area contributed by atoms with E-state index in [2.05, 4.69) is 22.4 Å². The molecule has 2 aliphatic rings. The maximum atomic E-state index is 12.7. The summed E-state index contributed by atoms with van der Waals surface area (Å²) in [7, 11) is 0. The smallest absolute Gasteiger partial charge is 0.272 e. The number of rotatable bonds is 2. The minimum absolute atomic E-state index is 0.0508. The average molecular weight is 335 g/mol. The number of hydrogen-bond donors (Lipinski definition) is 1. The van der Waals surface area contributed by atoms with E-state index in [1.807, 2.05) is 29.2 Å². The molecule has 4 rings (SSSR count). The Morgan fingerprint density at radius 3 is 2.48 bits per heavy atom. The lowest BCUT2D eigenvalue weighted by Crippen LogP contribution is -2.48. The third-order valence-electron chi connectivity index (χ3n) is 5.61. The van der Waals surface area contributed by atoms with Gasteiger partial charge >= 0.3 is 0 Å². The second kappa shape index (κ2) is 6.31. The van der Waals surface area contributed by atoms with Crippen LogP contribution < -0.4 is 5.32 Å². The maximum absolute atomic E-state index is 12.7. The van der Waals surface area contributed by atoms with Crippen LogP contribution in [-0.2, 0) is 4.79 Å². The lowest BCUT2D eigenvalue weighted by Gasteiger charge is -2.40. The third-order valence-corrected chi connectivity index (χ3v) is 5.61. The Morgan fingerprint density at radius 1 is 1.08 bits per heavy atom. The summed E-state index contributed by atoms with van der Waals surface area (Å²) in [5, 5.41) is 3.05. The molecule has 0 radical (unpaired) electrons. The van der Waals surface area contributed by atoms with Gasteiger partial charge in [-0.2, -0.15) is 0 Å². The Hall–Kier alpha value is -2.69. The predicted octanol–water partition coefficient (Wildman–Crippen LogP) is 2.22. The van der Waals surface area contributed by atoms with Gasteiger partial charge in [-0.1, -0.05) is 36.4 Å². The van der Waals surface area contributed by atoms with Crippen molar-refractivity contribution in [2.45, 2.75) is 18.8 Å². The summed E-state index contributed by atoms with van der Waals surface area (Å²) in [5.41, 5.74) is 1.27. The fourth-order valence-electron chi connectivity index (χ4n) is 4.18. The number of piperidine rings is 1. The molecule has 1 unspecified atom stereocenters. The largest absolute Gasteiger partial charge is 0.355 e. The van der Waals surface area contributed by atoms with E-state index < -0.39 is 5.41 Å². The van der Waals surface area contributed by atoms with Crippen molar-refractivity contribution >= 4 is 11.8 Å². The van der Waals surface area contributed by atoms with E-state index in [0.717, 1.165) is 0 Å². The topological polar surface area (TPSA) is 62.3 Å². The highest BCUT2D eigenvalue weighted by Gasteiger charge is 2.52. The van der Waals surface area contributed by atoms with Gasteiger partial charge in [-0.3, -0.25) is 14.6 Å². The first-order valence-corrected chi connectivity index (χ1v) is 8.74. The van der Waals surface area contributed by atoms with Gasteiger partial charge in [0.1, 0.15) is 5.69 Å². The highest BCUT2D eigenvalue weighted by molar-refractivity contribution is 5.93. The molecule has 5 heteroatoms. The van der Waals surface area contributed by atoms with Crippen molar-refractivity contribution < 1.29 is 9.59 Å². The predicted molar refractivity (Wildman–Crippen MR) is 94.0 cm³/mol. The molecular formula is C20H21N3O2. The van der Waals surface area contributed by atoms with E-state index in [-0.39, 0.29) is 17.7 Å². The van der Waals surface area contributed by atoms with E-state index >= 15 is 0 Å². The first-order valence-electron chi connectivity index (χ1n) is 8.74. The summed E-state index contributed by atoms with van der Waals surface area (Å²) < 4.78 is 0. The van der Waals surface area contributed by atoms with Crippen molar-refractivity contribution in [1.82, 2.24) is 15.2 Å². The molecule has 2 amide bonds. The number of carbonyl (C=O) groups is 2. The summed E-state index contributed by atoms with van der Waals surface area (Å²) in [6, 6.07) is 15.6. The second-order valence-electron chi connectivity index (χ2n) is 6.84. The first-order chi connectivity index (χ1) is 12.2. The minimum Gasteiger partial charge on any atom is -0.355 e. The molecule has 0 saturated carbocycles. The number of nitrogens with zero attached hydrogens (tertiary/aromatic N) is 2. The van der Waals surface area contributed by atoms with Crippen molar-refractivity contribution in [1.29, 1.82) is 0 Å². The number of nitrogens with one attached hydrogen (secondary N) is 1. The summed E-state index contributed by atoms with van der Waals surface area (Å²) in [4.78, 5) is 31.2. The van der Waals surface area contributed by atoms with Crippen LogP contribution in [0.25, 0.3) is 0 Å². The summed E-state index contributed by atoms with van der Waals surface area (Å²) >= 11 is 0. The molecule has 3 heterocycles. The Labute approximate surface area is 147 Å². The zero-order chi connectivity index (χ0) is 17.3. The van der Waals surface area contributed by atoms with Crippen molar-refractivity contribution in [3.8, 4) is 0 Å². The summed E-state index contributed by atoms with van der Waals surface area (Å²) in [5.74, 6) is 0.254. The van der Waals surface area contributed by atoms with E-state index in [1.165, 1.54) is 5.56 Å². The first kappa shape index (κ1) is 15.8. The Bertz CT molecular complexity index is 768. The average Bonchev–Trinajstić information content (AvgIpc) is 2.99. The van der Waals surface area contributed by atoms with E-state index in [1.54, 1.807) is 18.3 Å². The zero-order valence-corrected chi connectivity index (χ0v) is 14.0. The van der Waals surface area contributed by atoms with E-state index in [0.29, 0.717) is 38.2 Å². The van der Waals surface area contributed by atoms with Crippen LogP contribution in [0.1, 0.15) is 34.8 Å². The molecular weight excluding hydrogens is 314 g/mol. The van der Waals surface area contributed by atoms with Crippen LogP contribution in [0.15, 0.2) is 54.7 Å². The van der Waals surface area contributed by atoms with Crippen molar-refractivity contribution in [2.24, 2.45) is 5.41 Å². The highest BCUT2D eigenvalue weighted by Crippen LogP contribution is 2.47. The number of hydrogen-bond acceptors (Lipinski definition) is 3. The number of carbonyl (C=O) groups excluding carboxylic acids is 2. The lowest BCUT2D eigenvalue weighted by atomic mass is 9.68. The van der Waals surface area contributed by atoms with E-state index in [4.69, 9.17) is 0 Å². The Kier molecular flexibility index (Phi) is 3.99. The van der Waals surface area contributed by atoms with Crippen LogP contribution >= 0.6 is 0 Å².